The van der Waals surface area contributed by atoms with Crippen LogP contribution in [-0.2, 0) is 14.3 Å². The third kappa shape index (κ3) is 8.74. The first kappa shape index (κ1) is 30.1. The van der Waals surface area contributed by atoms with Crippen molar-refractivity contribution >= 4 is 70.6 Å². The summed E-state index contributed by atoms with van der Waals surface area (Å²) in [6.07, 6.45) is 2.15. The molecule has 0 saturated carbocycles. The molecule has 0 fully saturated rings. The second-order valence-corrected chi connectivity index (χ2v) is 8.95. The second kappa shape index (κ2) is 15.2. The van der Waals surface area contributed by atoms with Gasteiger partial charge in [0, 0.05) is 39.7 Å². The minimum Gasteiger partial charge on any atom is -0.365 e. The fourth-order valence-electron chi connectivity index (χ4n) is 3.10. The number of amides is 2. The molecule has 0 aliphatic heterocycles. The molecule has 0 aliphatic rings. The molecule has 3 aromatic carbocycles. The first-order chi connectivity index (χ1) is 17.7. The number of carbonyl (C=O) groups is 2. The van der Waals surface area contributed by atoms with Gasteiger partial charge in [-0.3, -0.25) is 9.59 Å². The van der Waals surface area contributed by atoms with E-state index >= 15 is 0 Å². The Morgan fingerprint density at radius 1 is 1.08 bits per heavy atom. The van der Waals surface area contributed by atoms with Gasteiger partial charge in [0.1, 0.15) is 12.6 Å². The molecule has 0 heterocycles. The maximum absolute atomic E-state index is 12.2. The topological polar surface area (TPSA) is 94.8 Å². The van der Waals surface area contributed by atoms with Gasteiger partial charge in [-0.15, -0.1) is 0 Å². The molecule has 2 amide bonds. The number of hydrogen-bond donors (Lipinski definition) is 1. The number of nitriles is 1. The maximum atomic E-state index is 12.2. The highest BCUT2D eigenvalue weighted by Crippen LogP contribution is 2.41. The molecule has 0 aliphatic carbocycles. The Morgan fingerprint density at radius 3 is 2.22 bits per heavy atom. The summed E-state index contributed by atoms with van der Waals surface area (Å²) in [7, 11) is 1.51. The number of hydrogen-bond acceptors (Lipinski definition) is 5. The first-order valence-corrected chi connectivity index (χ1v) is 12.1. The van der Waals surface area contributed by atoms with Crippen molar-refractivity contribution in [1.82, 2.24) is 5.32 Å². The predicted octanol–water partition coefficient (Wildman–Crippen LogP) is 6.68. The summed E-state index contributed by atoms with van der Waals surface area (Å²) < 4.78 is 4.44. The number of benzene rings is 3. The third-order valence-corrected chi connectivity index (χ3v) is 5.92. The van der Waals surface area contributed by atoms with Gasteiger partial charge in [0.2, 0.25) is 12.3 Å². The standard InChI is InChI=1S/C23H15Cl4N3O.C3H7NO2/c1-14(31)30(29-13-15-5-3-2-4-6-15)17-10-21(26)23(22(27)11-17)19(12-28)18-8-7-16(24)9-20(18)25;1-6-3-4-2-5/h2-11,13,19H,1H3;2H,3H2,1H3,(H,4,5)/b29-13+;. The number of ether oxygens (including phenoxy) is 1. The molecule has 0 aromatic heterocycles. The van der Waals surface area contributed by atoms with Crippen LogP contribution in [0.3, 0.4) is 0 Å². The first-order valence-electron chi connectivity index (χ1n) is 10.6. The predicted molar refractivity (Wildman–Crippen MR) is 149 cm³/mol. The SMILES string of the molecule is CC(=O)N(/N=C/c1ccccc1)c1cc(Cl)c(C(C#N)c2ccc(Cl)cc2Cl)c(Cl)c1.COCNC=O. The van der Waals surface area contributed by atoms with Gasteiger partial charge in [-0.05, 0) is 35.4 Å². The van der Waals surface area contributed by atoms with Crippen molar-refractivity contribution in [2.24, 2.45) is 5.10 Å². The van der Waals surface area contributed by atoms with Crippen molar-refractivity contribution in [3.63, 3.8) is 0 Å². The Hall–Kier alpha value is -3.12. The van der Waals surface area contributed by atoms with Crippen molar-refractivity contribution in [1.29, 1.82) is 5.26 Å². The van der Waals surface area contributed by atoms with Gasteiger partial charge >= 0.3 is 0 Å². The number of hydrazone groups is 1. The largest absolute Gasteiger partial charge is 0.365 e. The second-order valence-electron chi connectivity index (χ2n) is 7.29. The van der Waals surface area contributed by atoms with Gasteiger partial charge in [0.25, 0.3) is 0 Å². The van der Waals surface area contributed by atoms with Crippen LogP contribution in [-0.4, -0.2) is 32.4 Å². The average Bonchev–Trinajstić information content (AvgIpc) is 2.86. The molecule has 37 heavy (non-hydrogen) atoms. The van der Waals surface area contributed by atoms with E-state index in [4.69, 9.17) is 46.4 Å². The zero-order valence-corrected chi connectivity index (χ0v) is 22.8. The molecule has 7 nitrogen and oxygen atoms in total. The average molecular weight is 580 g/mol. The maximum Gasteiger partial charge on any atom is 0.244 e. The summed E-state index contributed by atoms with van der Waals surface area (Å²) in [6, 6.07) is 19.5. The van der Waals surface area contributed by atoms with Crippen LogP contribution >= 0.6 is 46.4 Å². The van der Waals surface area contributed by atoms with Crippen molar-refractivity contribution in [3.05, 3.63) is 97.4 Å². The van der Waals surface area contributed by atoms with Crippen LogP contribution in [0.15, 0.2) is 65.8 Å². The summed E-state index contributed by atoms with van der Waals surface area (Å²) in [5.74, 6) is -1.15. The van der Waals surface area contributed by atoms with Gasteiger partial charge < -0.3 is 10.1 Å². The minimum atomic E-state index is -0.822. The van der Waals surface area contributed by atoms with Crippen LogP contribution in [0, 0.1) is 11.3 Å². The normalized spacial score (nSPS) is 11.2. The zero-order valence-electron chi connectivity index (χ0n) is 19.8. The Morgan fingerprint density at radius 2 is 1.73 bits per heavy atom. The fraction of sp³-hybridized carbons (Fsp3) is 0.154. The zero-order chi connectivity index (χ0) is 27.4. The Labute approximate surface area is 235 Å². The van der Waals surface area contributed by atoms with Crippen LogP contribution in [0.25, 0.3) is 0 Å². The molecule has 0 bridgehead atoms. The lowest BCUT2D eigenvalue weighted by atomic mass is 9.92. The highest BCUT2D eigenvalue weighted by molar-refractivity contribution is 6.37. The highest BCUT2D eigenvalue weighted by atomic mass is 35.5. The molecule has 1 unspecified atom stereocenters. The molecule has 192 valence electrons. The van der Waals surface area contributed by atoms with Crippen LogP contribution in [0.5, 0.6) is 0 Å². The third-order valence-electron chi connectivity index (χ3n) is 4.73. The van der Waals surface area contributed by atoms with Gasteiger partial charge in [0.05, 0.1) is 18.0 Å². The summed E-state index contributed by atoms with van der Waals surface area (Å²) in [4.78, 5) is 21.6. The van der Waals surface area contributed by atoms with Gasteiger partial charge in [0.15, 0.2) is 0 Å². The number of nitrogens with one attached hydrogen (secondary N) is 1. The van der Waals surface area contributed by atoms with Crippen LogP contribution < -0.4 is 10.3 Å². The molecule has 0 spiro atoms. The Bertz CT molecular complexity index is 1270. The van der Waals surface area contributed by atoms with E-state index in [0.717, 1.165) is 5.56 Å². The van der Waals surface area contributed by atoms with E-state index in [1.165, 1.54) is 19.0 Å². The van der Waals surface area contributed by atoms with E-state index in [0.29, 0.717) is 40.0 Å². The molecule has 0 saturated heterocycles. The number of methoxy groups -OCH3 is 1. The molecule has 1 atom stereocenters. The van der Waals surface area contributed by atoms with E-state index in [-0.39, 0.29) is 16.0 Å². The van der Waals surface area contributed by atoms with Crippen molar-refractivity contribution in [2.45, 2.75) is 12.8 Å². The molecule has 11 heteroatoms. The Kier molecular flexibility index (Phi) is 12.4. The lowest BCUT2D eigenvalue weighted by Crippen LogP contribution is -2.22. The van der Waals surface area contributed by atoms with Gasteiger partial charge in [-0.1, -0.05) is 82.8 Å². The molecule has 1 N–H and O–H groups in total. The molecule has 0 radical (unpaired) electrons. The van der Waals surface area contributed by atoms with Crippen molar-refractivity contribution < 1.29 is 14.3 Å². The number of carbonyl (C=O) groups excluding carboxylic acids is 2. The number of nitrogens with zero attached hydrogens (tertiary/aromatic N) is 3. The summed E-state index contributed by atoms with van der Waals surface area (Å²) >= 11 is 25.3. The molecule has 3 rings (SSSR count). The smallest absolute Gasteiger partial charge is 0.244 e. The highest BCUT2D eigenvalue weighted by Gasteiger charge is 2.24. The van der Waals surface area contributed by atoms with Crippen molar-refractivity contribution in [3.8, 4) is 6.07 Å². The van der Waals surface area contributed by atoms with Crippen molar-refractivity contribution in [2.75, 3.05) is 18.8 Å². The lowest BCUT2D eigenvalue weighted by molar-refractivity contribution is -0.116. The minimum absolute atomic E-state index is 0.209. The monoisotopic (exact) mass is 578 g/mol. The summed E-state index contributed by atoms with van der Waals surface area (Å²) in [5.41, 5.74) is 2.10. The van der Waals surface area contributed by atoms with Crippen LogP contribution in [0.2, 0.25) is 20.1 Å². The van der Waals surface area contributed by atoms with E-state index in [2.05, 4.69) is 21.2 Å². The van der Waals surface area contributed by atoms with E-state index < -0.39 is 5.92 Å². The molecule has 3 aromatic rings. The number of halogens is 4. The lowest BCUT2D eigenvalue weighted by Gasteiger charge is -2.20. The molecular formula is C26H22Cl4N4O3. The van der Waals surface area contributed by atoms with E-state index in [1.807, 2.05) is 30.3 Å². The summed E-state index contributed by atoms with van der Waals surface area (Å²) in [6.45, 7) is 1.67. The van der Waals surface area contributed by atoms with Crippen LogP contribution in [0.4, 0.5) is 5.69 Å². The number of rotatable bonds is 8. The van der Waals surface area contributed by atoms with Gasteiger partial charge in [-0.25, -0.2) is 5.01 Å². The van der Waals surface area contributed by atoms with E-state index in [1.54, 1.807) is 36.5 Å². The number of anilines is 1. The molecular weight excluding hydrogens is 558 g/mol. The van der Waals surface area contributed by atoms with Crippen LogP contribution in [0.1, 0.15) is 29.5 Å². The summed E-state index contributed by atoms with van der Waals surface area (Å²) in [5, 5.41) is 18.7. The Balaban J connectivity index is 0.000000717. The van der Waals surface area contributed by atoms with E-state index in [9.17, 15) is 14.9 Å². The quantitative estimate of drug-likeness (QED) is 0.106. The van der Waals surface area contributed by atoms with Gasteiger partial charge in [-0.2, -0.15) is 10.4 Å². The fourth-order valence-corrected chi connectivity index (χ4v) is 4.32.